The lowest BCUT2D eigenvalue weighted by molar-refractivity contribution is 0.393. The van der Waals surface area contributed by atoms with E-state index in [9.17, 15) is 0 Å². The molecule has 1 aromatic rings. The maximum Gasteiger partial charge on any atom is 0.0490 e. The Bertz CT molecular complexity index is 515. The fraction of sp³-hybridized carbons (Fsp3) is 0.231. The lowest BCUT2D eigenvalue weighted by atomic mass is 10.1. The van der Waals surface area contributed by atoms with Crippen LogP contribution >= 0.6 is 15.9 Å². The van der Waals surface area contributed by atoms with Crippen LogP contribution in [0.5, 0.6) is 0 Å². The van der Waals surface area contributed by atoms with Gasteiger partial charge in [0, 0.05) is 35.2 Å². The highest BCUT2D eigenvalue weighted by atomic mass is 79.9. The van der Waals surface area contributed by atoms with E-state index in [1.54, 1.807) is 0 Å². The SMILES string of the molecule is [N-]=[N+]=NCC1=CC(Br)=CN(Cc2ccccc2)C1. The monoisotopic (exact) mass is 304 g/mol. The van der Waals surface area contributed by atoms with Gasteiger partial charge in [-0.1, -0.05) is 35.4 Å². The van der Waals surface area contributed by atoms with Crippen molar-refractivity contribution in [2.75, 3.05) is 13.1 Å². The second-order valence-electron chi connectivity index (χ2n) is 4.10. The molecule has 0 aliphatic carbocycles. The number of hydrogen-bond donors (Lipinski definition) is 0. The van der Waals surface area contributed by atoms with Gasteiger partial charge < -0.3 is 4.90 Å². The van der Waals surface area contributed by atoms with Crippen molar-refractivity contribution in [2.45, 2.75) is 6.54 Å². The average Bonchev–Trinajstić information content (AvgIpc) is 2.37. The Kier molecular flexibility index (Phi) is 4.45. The Labute approximate surface area is 114 Å². The summed E-state index contributed by atoms with van der Waals surface area (Å²) in [5.74, 6) is 0. The molecule has 1 aromatic carbocycles. The van der Waals surface area contributed by atoms with Crippen LogP contribution in [0, 0.1) is 0 Å². The minimum absolute atomic E-state index is 0.421. The van der Waals surface area contributed by atoms with Crippen LogP contribution in [0.25, 0.3) is 10.4 Å². The summed E-state index contributed by atoms with van der Waals surface area (Å²) in [6, 6.07) is 10.3. The van der Waals surface area contributed by atoms with Gasteiger partial charge >= 0.3 is 0 Å². The summed E-state index contributed by atoms with van der Waals surface area (Å²) < 4.78 is 1.01. The highest BCUT2D eigenvalue weighted by Gasteiger charge is 2.10. The third kappa shape index (κ3) is 3.65. The molecule has 92 valence electrons. The molecule has 1 aliphatic rings. The Morgan fingerprint density at radius 2 is 2.11 bits per heavy atom. The van der Waals surface area contributed by atoms with Crippen LogP contribution < -0.4 is 0 Å². The van der Waals surface area contributed by atoms with E-state index < -0.39 is 0 Å². The van der Waals surface area contributed by atoms with E-state index in [2.05, 4.69) is 49.2 Å². The molecule has 0 amide bonds. The lowest BCUT2D eigenvalue weighted by Crippen LogP contribution is -2.23. The number of rotatable bonds is 4. The van der Waals surface area contributed by atoms with E-state index in [1.807, 2.05) is 24.3 Å². The van der Waals surface area contributed by atoms with Gasteiger partial charge in [-0.05, 0) is 38.7 Å². The van der Waals surface area contributed by atoms with Crippen LogP contribution in [-0.2, 0) is 6.54 Å². The van der Waals surface area contributed by atoms with Crippen molar-refractivity contribution in [1.29, 1.82) is 0 Å². The van der Waals surface area contributed by atoms with E-state index >= 15 is 0 Å². The van der Waals surface area contributed by atoms with Gasteiger partial charge in [0.1, 0.15) is 0 Å². The van der Waals surface area contributed by atoms with Gasteiger partial charge in [-0.15, -0.1) is 0 Å². The van der Waals surface area contributed by atoms with Crippen LogP contribution in [0.1, 0.15) is 5.56 Å². The summed E-state index contributed by atoms with van der Waals surface area (Å²) in [7, 11) is 0. The molecule has 0 atom stereocenters. The topological polar surface area (TPSA) is 52.0 Å². The predicted octanol–water partition coefficient (Wildman–Crippen LogP) is 3.98. The number of nitrogens with zero attached hydrogens (tertiary/aromatic N) is 4. The number of halogens is 1. The number of azide groups is 1. The van der Waals surface area contributed by atoms with Gasteiger partial charge in [0.25, 0.3) is 0 Å². The van der Waals surface area contributed by atoms with Crippen LogP contribution in [0.4, 0.5) is 0 Å². The fourth-order valence-corrected chi connectivity index (χ4v) is 2.51. The second-order valence-corrected chi connectivity index (χ2v) is 5.01. The zero-order valence-corrected chi connectivity index (χ0v) is 11.4. The first-order valence-corrected chi connectivity index (χ1v) is 6.43. The number of allylic oxidation sites excluding steroid dienone is 2. The van der Waals surface area contributed by atoms with Crippen molar-refractivity contribution >= 4 is 15.9 Å². The molecule has 5 heteroatoms. The average molecular weight is 305 g/mol. The standard InChI is InChI=1S/C13H13BrN4/c14-13-6-12(7-16-17-15)9-18(10-13)8-11-4-2-1-3-5-11/h1-6,10H,7-9H2. The summed E-state index contributed by atoms with van der Waals surface area (Å²) in [5, 5.41) is 3.61. The van der Waals surface area contributed by atoms with E-state index in [0.717, 1.165) is 23.1 Å². The van der Waals surface area contributed by atoms with Crippen LogP contribution in [-0.4, -0.2) is 18.0 Å². The molecule has 1 aliphatic heterocycles. The molecule has 18 heavy (non-hydrogen) atoms. The van der Waals surface area contributed by atoms with Crippen molar-refractivity contribution in [2.24, 2.45) is 5.11 Å². The van der Waals surface area contributed by atoms with Crippen LogP contribution in [0.2, 0.25) is 0 Å². The zero-order valence-electron chi connectivity index (χ0n) is 9.83. The summed E-state index contributed by atoms with van der Waals surface area (Å²) in [6.07, 6.45) is 4.07. The zero-order chi connectivity index (χ0) is 12.8. The molecule has 0 unspecified atom stereocenters. The lowest BCUT2D eigenvalue weighted by Gasteiger charge is -2.25. The number of hydrogen-bond acceptors (Lipinski definition) is 2. The Balaban J connectivity index is 2.04. The molecule has 0 radical (unpaired) electrons. The highest BCUT2D eigenvalue weighted by Crippen LogP contribution is 2.20. The van der Waals surface area contributed by atoms with E-state index in [-0.39, 0.29) is 0 Å². The largest absolute Gasteiger partial charge is 0.368 e. The second kappa shape index (κ2) is 6.28. The third-order valence-corrected chi connectivity index (χ3v) is 3.05. The maximum absolute atomic E-state index is 8.36. The van der Waals surface area contributed by atoms with Crippen molar-refractivity contribution in [3.05, 3.63) is 68.7 Å². The van der Waals surface area contributed by atoms with Crippen molar-refractivity contribution in [3.63, 3.8) is 0 Å². The van der Waals surface area contributed by atoms with Crippen molar-refractivity contribution < 1.29 is 0 Å². The molecule has 2 rings (SSSR count). The van der Waals surface area contributed by atoms with E-state index in [4.69, 9.17) is 5.53 Å². The molecule has 0 bridgehead atoms. The van der Waals surface area contributed by atoms with Crippen LogP contribution in [0.15, 0.2) is 57.8 Å². The van der Waals surface area contributed by atoms with Gasteiger partial charge in [-0.3, -0.25) is 0 Å². The smallest absolute Gasteiger partial charge is 0.0490 e. The molecule has 0 aromatic heterocycles. The highest BCUT2D eigenvalue weighted by molar-refractivity contribution is 9.11. The van der Waals surface area contributed by atoms with E-state index in [0.29, 0.717) is 6.54 Å². The van der Waals surface area contributed by atoms with Gasteiger partial charge in [-0.2, -0.15) is 0 Å². The van der Waals surface area contributed by atoms with Gasteiger partial charge in [0.05, 0.1) is 0 Å². The molecule has 0 N–H and O–H groups in total. The summed E-state index contributed by atoms with van der Waals surface area (Å²) >= 11 is 3.48. The van der Waals surface area contributed by atoms with Gasteiger partial charge in [0.2, 0.25) is 0 Å². The third-order valence-electron chi connectivity index (χ3n) is 2.62. The number of benzene rings is 1. The minimum atomic E-state index is 0.421. The molecular weight excluding hydrogens is 292 g/mol. The van der Waals surface area contributed by atoms with Gasteiger partial charge in [0.15, 0.2) is 0 Å². The first-order valence-electron chi connectivity index (χ1n) is 5.63. The molecule has 4 nitrogen and oxygen atoms in total. The Morgan fingerprint density at radius 3 is 2.83 bits per heavy atom. The normalized spacial score (nSPS) is 14.6. The summed E-state index contributed by atoms with van der Waals surface area (Å²) in [6.45, 7) is 2.07. The Morgan fingerprint density at radius 1 is 1.33 bits per heavy atom. The maximum atomic E-state index is 8.36. The quantitative estimate of drug-likeness (QED) is 0.471. The molecule has 0 saturated heterocycles. The van der Waals surface area contributed by atoms with Crippen molar-refractivity contribution in [1.82, 2.24) is 4.90 Å². The Hall–Kier alpha value is -1.71. The molecule has 1 heterocycles. The fourth-order valence-electron chi connectivity index (χ4n) is 1.90. The molecule has 0 saturated carbocycles. The summed E-state index contributed by atoms with van der Waals surface area (Å²) in [4.78, 5) is 4.99. The van der Waals surface area contributed by atoms with Gasteiger partial charge in [-0.25, -0.2) is 0 Å². The van der Waals surface area contributed by atoms with Crippen molar-refractivity contribution in [3.8, 4) is 0 Å². The molecular formula is C13H13BrN4. The molecule has 0 fully saturated rings. The summed E-state index contributed by atoms with van der Waals surface area (Å²) in [5.41, 5.74) is 10.7. The van der Waals surface area contributed by atoms with E-state index in [1.165, 1.54) is 5.56 Å². The first kappa shape index (κ1) is 12.7. The first-order chi connectivity index (χ1) is 8.78. The minimum Gasteiger partial charge on any atom is -0.368 e. The molecule has 0 spiro atoms. The van der Waals surface area contributed by atoms with Crippen LogP contribution in [0.3, 0.4) is 0 Å². The predicted molar refractivity (Wildman–Crippen MR) is 76.0 cm³/mol.